The fraction of sp³-hybridized carbons (Fsp3) is 0.474. The van der Waals surface area contributed by atoms with Crippen molar-refractivity contribution in [2.45, 2.75) is 38.0 Å². The van der Waals surface area contributed by atoms with Crippen molar-refractivity contribution in [3.8, 4) is 5.75 Å². The monoisotopic (exact) mass is 282 g/mol. The molecule has 0 radical (unpaired) electrons. The van der Waals surface area contributed by atoms with Gasteiger partial charge in [-0.25, -0.2) is 0 Å². The van der Waals surface area contributed by atoms with Gasteiger partial charge in [0.1, 0.15) is 11.5 Å². The van der Waals surface area contributed by atoms with Crippen LogP contribution in [0.25, 0.3) is 0 Å². The van der Waals surface area contributed by atoms with Crippen LogP contribution < -0.4 is 0 Å². The minimum atomic E-state index is 0.406. The molecule has 21 heavy (non-hydrogen) atoms. The number of hydrogen-bond donors (Lipinski definition) is 2. The molecule has 4 rings (SSSR count). The zero-order valence-corrected chi connectivity index (χ0v) is 12.2. The van der Waals surface area contributed by atoms with Crippen LogP contribution >= 0.6 is 0 Å². The number of aliphatic hydroxyl groups excluding tert-OH is 1. The number of rotatable bonds is 1. The zero-order chi connectivity index (χ0) is 14.4. The number of phenolic OH excluding ortho intramolecular Hbond substituents is 1. The van der Waals surface area contributed by atoms with Crippen LogP contribution in [-0.2, 0) is 6.42 Å². The molecule has 110 valence electrons. The maximum atomic E-state index is 9.81. The predicted molar refractivity (Wildman–Crippen MR) is 83.3 cm³/mol. The lowest BCUT2D eigenvalue weighted by Gasteiger charge is -2.39. The largest absolute Gasteiger partial charge is 0.508 e. The van der Waals surface area contributed by atoms with Crippen molar-refractivity contribution in [3.63, 3.8) is 0 Å². The summed E-state index contributed by atoms with van der Waals surface area (Å²) in [6.07, 6.45) is 12.0. The highest BCUT2D eigenvalue weighted by Crippen LogP contribution is 2.52. The van der Waals surface area contributed by atoms with Gasteiger partial charge in [0.15, 0.2) is 0 Å². The second-order valence-corrected chi connectivity index (χ2v) is 6.84. The average molecular weight is 282 g/mol. The van der Waals surface area contributed by atoms with E-state index in [1.807, 2.05) is 24.3 Å². The molecule has 0 amide bonds. The number of hydrogen-bond acceptors (Lipinski definition) is 2. The molecule has 1 aromatic rings. The van der Waals surface area contributed by atoms with Crippen molar-refractivity contribution in [2.24, 2.45) is 17.8 Å². The van der Waals surface area contributed by atoms with E-state index in [4.69, 9.17) is 0 Å². The first kappa shape index (κ1) is 13.0. The van der Waals surface area contributed by atoms with Gasteiger partial charge in [0.2, 0.25) is 0 Å². The number of aromatic hydroxyl groups is 1. The van der Waals surface area contributed by atoms with E-state index in [0.29, 0.717) is 29.3 Å². The Hall–Kier alpha value is -1.70. The molecule has 2 nitrogen and oxygen atoms in total. The van der Waals surface area contributed by atoms with Crippen LogP contribution in [0.5, 0.6) is 5.75 Å². The summed E-state index contributed by atoms with van der Waals surface area (Å²) in [6, 6.07) is 5.94. The molecule has 0 bridgehead atoms. The lowest BCUT2D eigenvalue weighted by Crippen LogP contribution is -2.31. The quantitative estimate of drug-likeness (QED) is 0.798. The maximum absolute atomic E-state index is 9.81. The average Bonchev–Trinajstić information content (AvgIpc) is 2.97. The van der Waals surface area contributed by atoms with Gasteiger partial charge in [-0.1, -0.05) is 18.6 Å². The molecular formula is C19H22O2. The van der Waals surface area contributed by atoms with Crippen LogP contribution in [0.15, 0.2) is 42.2 Å². The first-order valence-corrected chi connectivity index (χ1v) is 8.11. The minimum absolute atomic E-state index is 0.406. The lowest BCUT2D eigenvalue weighted by atomic mass is 9.65. The number of fused-ring (bicyclic) bond motifs is 3. The highest BCUT2D eigenvalue weighted by molar-refractivity contribution is 5.41. The molecule has 3 aliphatic rings. The summed E-state index contributed by atoms with van der Waals surface area (Å²) in [5, 5.41) is 19.4. The number of allylic oxidation sites excluding steroid dienone is 3. The van der Waals surface area contributed by atoms with Crippen LogP contribution in [0.2, 0.25) is 0 Å². The molecular weight excluding hydrogens is 260 g/mol. The van der Waals surface area contributed by atoms with Gasteiger partial charge in [0, 0.05) is 0 Å². The summed E-state index contributed by atoms with van der Waals surface area (Å²) in [5.41, 5.74) is 2.82. The molecule has 1 unspecified atom stereocenters. The van der Waals surface area contributed by atoms with Gasteiger partial charge in [-0.05, 0) is 84.8 Å². The van der Waals surface area contributed by atoms with Gasteiger partial charge in [-0.15, -0.1) is 0 Å². The molecule has 0 heterocycles. The van der Waals surface area contributed by atoms with E-state index in [1.54, 1.807) is 0 Å². The highest BCUT2D eigenvalue weighted by atomic mass is 16.3. The first-order valence-electron chi connectivity index (χ1n) is 8.11. The lowest BCUT2D eigenvalue weighted by molar-refractivity contribution is 0.223. The van der Waals surface area contributed by atoms with E-state index < -0.39 is 0 Å². The molecule has 1 aromatic carbocycles. The standard InChI is InChI=1S/C19H22O2/c20-14-7-4-12(5-8-14)18-10-13-6-9-15(21)11-19(13)17-3-1-2-16(17)18/h4,6-9,11-12,16-18,20-21H,1-3,5,10H2/t12?,16-,17+,18-/m0/s1. The van der Waals surface area contributed by atoms with E-state index in [2.05, 4.69) is 12.1 Å². The van der Waals surface area contributed by atoms with E-state index in [9.17, 15) is 10.2 Å². The Balaban J connectivity index is 1.68. The minimum Gasteiger partial charge on any atom is -0.508 e. The third-order valence-electron chi connectivity index (χ3n) is 5.77. The van der Waals surface area contributed by atoms with Crippen molar-refractivity contribution in [1.82, 2.24) is 0 Å². The summed E-state index contributed by atoms with van der Waals surface area (Å²) in [5.74, 6) is 3.41. The van der Waals surface area contributed by atoms with Crippen molar-refractivity contribution < 1.29 is 10.2 Å². The SMILES string of the molecule is OC1=CCC([C@@H]2Cc3ccc(O)cc3[C@@H]3CCC[C@@H]32)C=C1. The van der Waals surface area contributed by atoms with Gasteiger partial charge >= 0.3 is 0 Å². The van der Waals surface area contributed by atoms with E-state index in [1.165, 1.54) is 30.4 Å². The van der Waals surface area contributed by atoms with Crippen LogP contribution in [0.3, 0.4) is 0 Å². The van der Waals surface area contributed by atoms with Gasteiger partial charge < -0.3 is 10.2 Å². The fourth-order valence-corrected chi connectivity index (χ4v) is 4.82. The molecule has 0 saturated heterocycles. The first-order chi connectivity index (χ1) is 10.2. The number of benzene rings is 1. The Morgan fingerprint density at radius 1 is 1.05 bits per heavy atom. The van der Waals surface area contributed by atoms with Crippen LogP contribution in [0.4, 0.5) is 0 Å². The van der Waals surface area contributed by atoms with Crippen molar-refractivity contribution >= 4 is 0 Å². The Morgan fingerprint density at radius 2 is 1.95 bits per heavy atom. The van der Waals surface area contributed by atoms with E-state index in [0.717, 1.165) is 18.8 Å². The van der Waals surface area contributed by atoms with Crippen molar-refractivity contribution in [3.05, 3.63) is 53.3 Å². The molecule has 4 atom stereocenters. The molecule has 0 aliphatic heterocycles. The van der Waals surface area contributed by atoms with Gasteiger partial charge in [-0.3, -0.25) is 0 Å². The predicted octanol–water partition coefficient (Wildman–Crippen LogP) is 4.47. The van der Waals surface area contributed by atoms with Crippen molar-refractivity contribution in [2.75, 3.05) is 0 Å². The van der Waals surface area contributed by atoms with Crippen molar-refractivity contribution in [1.29, 1.82) is 0 Å². The summed E-state index contributed by atoms with van der Waals surface area (Å²) < 4.78 is 0. The van der Waals surface area contributed by atoms with E-state index in [-0.39, 0.29) is 0 Å². The molecule has 3 aliphatic carbocycles. The number of phenols is 1. The summed E-state index contributed by atoms with van der Waals surface area (Å²) in [6.45, 7) is 0. The second kappa shape index (κ2) is 4.94. The number of aliphatic hydroxyl groups is 1. The van der Waals surface area contributed by atoms with Gasteiger partial charge in [0.25, 0.3) is 0 Å². The summed E-state index contributed by atoms with van der Waals surface area (Å²) in [4.78, 5) is 0. The van der Waals surface area contributed by atoms with Gasteiger partial charge in [0.05, 0.1) is 0 Å². The Kier molecular flexibility index (Phi) is 3.06. The fourth-order valence-electron chi connectivity index (χ4n) is 4.82. The third kappa shape index (κ3) is 2.17. The van der Waals surface area contributed by atoms with Crippen LogP contribution in [-0.4, -0.2) is 10.2 Å². The van der Waals surface area contributed by atoms with Gasteiger partial charge in [-0.2, -0.15) is 0 Å². The maximum Gasteiger partial charge on any atom is 0.115 e. The van der Waals surface area contributed by atoms with Crippen LogP contribution in [0.1, 0.15) is 42.7 Å². The molecule has 2 N–H and O–H groups in total. The molecule has 1 fully saturated rings. The highest BCUT2D eigenvalue weighted by Gasteiger charge is 2.42. The third-order valence-corrected chi connectivity index (χ3v) is 5.77. The molecule has 0 aromatic heterocycles. The molecule has 2 heteroatoms. The zero-order valence-electron chi connectivity index (χ0n) is 12.2. The normalized spacial score (nSPS) is 34.2. The Bertz CT molecular complexity index is 614. The second-order valence-electron chi connectivity index (χ2n) is 6.84. The molecule has 0 spiro atoms. The van der Waals surface area contributed by atoms with Crippen LogP contribution in [0, 0.1) is 17.8 Å². The topological polar surface area (TPSA) is 40.5 Å². The van der Waals surface area contributed by atoms with E-state index >= 15 is 0 Å². The Labute approximate surface area is 125 Å². The summed E-state index contributed by atoms with van der Waals surface area (Å²) in [7, 11) is 0. The smallest absolute Gasteiger partial charge is 0.115 e. The molecule has 1 saturated carbocycles. The Morgan fingerprint density at radius 3 is 2.76 bits per heavy atom. The summed E-state index contributed by atoms with van der Waals surface area (Å²) >= 11 is 0.